The molecule has 1 heterocycles. The van der Waals surface area contributed by atoms with Gasteiger partial charge in [0.1, 0.15) is 6.61 Å². The van der Waals surface area contributed by atoms with Gasteiger partial charge >= 0.3 is 6.09 Å². The monoisotopic (exact) mass is 423 g/mol. The zero-order chi connectivity index (χ0) is 21.9. The summed E-state index contributed by atoms with van der Waals surface area (Å²) in [6.07, 6.45) is 4.88. The first-order chi connectivity index (χ1) is 15.7. The van der Waals surface area contributed by atoms with E-state index in [4.69, 9.17) is 4.74 Å². The lowest BCUT2D eigenvalue weighted by Gasteiger charge is -2.14. The third-order valence-corrected chi connectivity index (χ3v) is 5.71. The smallest absolute Gasteiger partial charge is 0.407 e. The molecule has 0 unspecified atom stereocenters. The summed E-state index contributed by atoms with van der Waals surface area (Å²) in [6.45, 7) is 0.623. The maximum atomic E-state index is 12.2. The van der Waals surface area contributed by atoms with Gasteiger partial charge in [-0.05, 0) is 39.9 Å². The van der Waals surface area contributed by atoms with Crippen molar-refractivity contribution in [3.05, 3.63) is 106 Å². The van der Waals surface area contributed by atoms with E-state index in [1.807, 2.05) is 48.6 Å². The molecule has 0 radical (unpaired) electrons. The highest BCUT2D eigenvalue weighted by Gasteiger charge is 2.28. The maximum absolute atomic E-state index is 12.2. The van der Waals surface area contributed by atoms with Gasteiger partial charge in [0.25, 0.3) is 5.56 Å². The van der Waals surface area contributed by atoms with Gasteiger partial charge in [0, 0.05) is 17.8 Å². The molecule has 0 atom stereocenters. The second kappa shape index (κ2) is 8.51. The zero-order valence-corrected chi connectivity index (χ0v) is 17.2. The van der Waals surface area contributed by atoms with E-state index in [-0.39, 0.29) is 18.1 Å². The minimum Gasteiger partial charge on any atom is -0.449 e. The highest BCUT2D eigenvalue weighted by Crippen LogP contribution is 2.44. The molecule has 5 rings (SSSR count). The Hall–Kier alpha value is -4.19. The summed E-state index contributed by atoms with van der Waals surface area (Å²) in [4.78, 5) is 24.0. The van der Waals surface area contributed by atoms with Crippen molar-refractivity contribution in [3.63, 3.8) is 0 Å². The molecule has 6 heteroatoms. The quantitative estimate of drug-likeness (QED) is 0.496. The molecule has 0 bridgehead atoms. The Balaban J connectivity index is 1.18. The van der Waals surface area contributed by atoms with Gasteiger partial charge in [-0.2, -0.15) is 5.10 Å². The van der Waals surface area contributed by atoms with Crippen molar-refractivity contribution in [1.82, 2.24) is 15.5 Å². The third kappa shape index (κ3) is 3.78. The second-order valence-electron chi connectivity index (χ2n) is 7.65. The lowest BCUT2D eigenvalue weighted by atomic mass is 9.98. The molecular formula is C26H21N3O3. The summed E-state index contributed by atoms with van der Waals surface area (Å²) in [5.74, 6) is 0.0399. The van der Waals surface area contributed by atoms with Crippen LogP contribution in [0.1, 0.15) is 22.6 Å². The Kier molecular flexibility index (Phi) is 5.25. The molecule has 0 aliphatic heterocycles. The first kappa shape index (κ1) is 19.8. The number of ether oxygens (including phenoxy) is 1. The van der Waals surface area contributed by atoms with E-state index in [0.717, 1.165) is 10.9 Å². The minimum atomic E-state index is -0.453. The van der Waals surface area contributed by atoms with Crippen LogP contribution in [0, 0.1) is 0 Å². The molecule has 1 aliphatic carbocycles. The van der Waals surface area contributed by atoms with E-state index >= 15 is 0 Å². The summed E-state index contributed by atoms with van der Waals surface area (Å²) < 4.78 is 5.53. The van der Waals surface area contributed by atoms with Gasteiger partial charge in [0.2, 0.25) is 0 Å². The van der Waals surface area contributed by atoms with Crippen molar-refractivity contribution >= 4 is 22.9 Å². The predicted octanol–water partition coefficient (Wildman–Crippen LogP) is 4.48. The highest BCUT2D eigenvalue weighted by atomic mass is 16.5. The predicted molar refractivity (Wildman–Crippen MR) is 124 cm³/mol. The van der Waals surface area contributed by atoms with Crippen LogP contribution in [0.25, 0.3) is 28.0 Å². The summed E-state index contributed by atoms with van der Waals surface area (Å²) in [5, 5.41) is 10.3. The number of aromatic amines is 1. The number of aromatic nitrogens is 2. The third-order valence-electron chi connectivity index (χ3n) is 5.71. The van der Waals surface area contributed by atoms with Gasteiger partial charge in [-0.3, -0.25) is 4.79 Å². The fourth-order valence-corrected chi connectivity index (χ4v) is 4.21. The number of H-pyrrole nitrogens is 1. The van der Waals surface area contributed by atoms with Crippen LogP contribution in [-0.4, -0.2) is 29.4 Å². The fraction of sp³-hybridized carbons (Fsp3) is 0.115. The molecule has 32 heavy (non-hydrogen) atoms. The number of amides is 1. The van der Waals surface area contributed by atoms with Crippen molar-refractivity contribution in [2.75, 3.05) is 13.2 Å². The van der Waals surface area contributed by atoms with Crippen molar-refractivity contribution in [3.8, 4) is 11.1 Å². The molecular weight excluding hydrogens is 402 g/mol. The van der Waals surface area contributed by atoms with E-state index in [1.54, 1.807) is 12.3 Å². The number of fused-ring (bicyclic) bond motifs is 4. The van der Waals surface area contributed by atoms with Gasteiger partial charge in [-0.15, -0.1) is 0 Å². The number of benzene rings is 3. The van der Waals surface area contributed by atoms with E-state index < -0.39 is 6.09 Å². The Morgan fingerprint density at radius 2 is 1.75 bits per heavy atom. The molecule has 0 saturated carbocycles. The molecule has 0 saturated heterocycles. The van der Waals surface area contributed by atoms with Crippen LogP contribution in [-0.2, 0) is 4.74 Å². The van der Waals surface area contributed by atoms with Crippen LogP contribution in [0.4, 0.5) is 4.79 Å². The van der Waals surface area contributed by atoms with E-state index in [1.165, 1.54) is 22.3 Å². The number of rotatable bonds is 5. The molecule has 0 spiro atoms. The Bertz CT molecular complexity index is 1340. The second-order valence-corrected chi connectivity index (χ2v) is 7.65. The SMILES string of the molecule is O=C(NCC=Cc1ccc2c(=O)[nH]ncc2c1)OCC1c2ccccc2-c2ccccc21. The highest BCUT2D eigenvalue weighted by molar-refractivity contribution is 5.83. The van der Waals surface area contributed by atoms with Gasteiger partial charge < -0.3 is 10.1 Å². The Morgan fingerprint density at radius 3 is 2.50 bits per heavy atom. The number of carbonyl (C=O) groups excluding carboxylic acids is 1. The maximum Gasteiger partial charge on any atom is 0.407 e. The van der Waals surface area contributed by atoms with Crippen LogP contribution >= 0.6 is 0 Å². The lowest BCUT2D eigenvalue weighted by Crippen LogP contribution is -2.26. The van der Waals surface area contributed by atoms with E-state index in [2.05, 4.69) is 39.8 Å². The van der Waals surface area contributed by atoms with Crippen molar-refractivity contribution < 1.29 is 9.53 Å². The number of hydrogen-bond acceptors (Lipinski definition) is 4. The number of hydrogen-bond donors (Lipinski definition) is 2. The summed E-state index contributed by atoms with van der Waals surface area (Å²) in [5.41, 5.74) is 5.48. The number of carbonyl (C=O) groups is 1. The normalized spacial score (nSPS) is 12.6. The fourth-order valence-electron chi connectivity index (χ4n) is 4.21. The lowest BCUT2D eigenvalue weighted by molar-refractivity contribution is 0.144. The number of nitrogens with zero attached hydrogens (tertiary/aromatic N) is 1. The molecule has 2 N–H and O–H groups in total. The molecule has 4 aromatic rings. The average molecular weight is 423 g/mol. The topological polar surface area (TPSA) is 84.1 Å². The van der Waals surface area contributed by atoms with E-state index in [0.29, 0.717) is 11.9 Å². The average Bonchev–Trinajstić information content (AvgIpc) is 3.14. The summed E-state index contributed by atoms with van der Waals surface area (Å²) in [6, 6.07) is 22.0. The van der Waals surface area contributed by atoms with Gasteiger partial charge in [0.05, 0.1) is 11.6 Å². The van der Waals surface area contributed by atoms with Crippen molar-refractivity contribution in [2.45, 2.75) is 5.92 Å². The van der Waals surface area contributed by atoms with Gasteiger partial charge in [0.15, 0.2) is 0 Å². The van der Waals surface area contributed by atoms with Crippen molar-refractivity contribution in [2.24, 2.45) is 0 Å². The molecule has 6 nitrogen and oxygen atoms in total. The van der Waals surface area contributed by atoms with Crippen LogP contribution in [0.3, 0.4) is 0 Å². The van der Waals surface area contributed by atoms with Crippen LogP contribution in [0.2, 0.25) is 0 Å². The first-order valence-electron chi connectivity index (χ1n) is 10.4. The molecule has 3 aromatic carbocycles. The first-order valence-corrected chi connectivity index (χ1v) is 10.4. The van der Waals surface area contributed by atoms with Crippen LogP contribution < -0.4 is 10.9 Å². The van der Waals surface area contributed by atoms with Gasteiger partial charge in [-0.25, -0.2) is 9.89 Å². The van der Waals surface area contributed by atoms with Crippen molar-refractivity contribution in [1.29, 1.82) is 0 Å². The number of alkyl carbamates (subject to hydrolysis) is 1. The van der Waals surface area contributed by atoms with Crippen LogP contribution in [0.5, 0.6) is 0 Å². The zero-order valence-electron chi connectivity index (χ0n) is 17.2. The molecule has 1 aromatic heterocycles. The minimum absolute atomic E-state index is 0.0399. The Morgan fingerprint density at radius 1 is 1.03 bits per heavy atom. The summed E-state index contributed by atoms with van der Waals surface area (Å²) in [7, 11) is 0. The largest absolute Gasteiger partial charge is 0.449 e. The summed E-state index contributed by atoms with van der Waals surface area (Å²) >= 11 is 0. The molecule has 0 fully saturated rings. The molecule has 1 amide bonds. The van der Waals surface area contributed by atoms with Gasteiger partial charge in [-0.1, -0.05) is 66.7 Å². The number of nitrogens with one attached hydrogen (secondary N) is 2. The van der Waals surface area contributed by atoms with E-state index in [9.17, 15) is 9.59 Å². The standard InChI is InChI=1S/C26H21N3O3/c30-25-19-12-11-17(14-18(19)15-28-29-25)6-5-13-27-26(31)32-16-24-22-9-3-1-7-20(22)21-8-2-4-10-23(21)24/h1-12,14-15,24H,13,16H2,(H,27,31)(H,29,30). The Labute approximate surface area is 184 Å². The van der Waals surface area contributed by atoms with Crippen LogP contribution in [0.15, 0.2) is 83.8 Å². The molecule has 1 aliphatic rings. The molecule has 158 valence electrons.